The Hall–Kier alpha value is -2.03. The molecule has 0 saturated carbocycles. The van der Waals surface area contributed by atoms with Crippen molar-refractivity contribution in [1.29, 1.82) is 0 Å². The van der Waals surface area contributed by atoms with Gasteiger partial charge >= 0.3 is 5.63 Å². The molecule has 3 rings (SSSR count). The third-order valence-corrected chi connectivity index (χ3v) is 3.77. The summed E-state index contributed by atoms with van der Waals surface area (Å²) in [7, 11) is 0. The van der Waals surface area contributed by atoms with Gasteiger partial charge in [0.05, 0.1) is 5.56 Å². The SMILES string of the molecule is CCC1(C)C=Cc2c(ccc3c(C)cc(=O)oc23)O1. The highest BCUT2D eigenvalue weighted by molar-refractivity contribution is 5.91. The molecule has 2 aromatic rings. The van der Waals surface area contributed by atoms with Crippen LogP contribution < -0.4 is 10.4 Å². The van der Waals surface area contributed by atoms with E-state index in [0.717, 1.165) is 28.7 Å². The van der Waals surface area contributed by atoms with Gasteiger partial charge in [0.2, 0.25) is 0 Å². The molecule has 1 aromatic heterocycles. The van der Waals surface area contributed by atoms with Crippen LogP contribution in [-0.2, 0) is 0 Å². The van der Waals surface area contributed by atoms with Crippen LogP contribution in [0.4, 0.5) is 0 Å². The maximum absolute atomic E-state index is 11.5. The largest absolute Gasteiger partial charge is 0.483 e. The van der Waals surface area contributed by atoms with Crippen LogP contribution in [0, 0.1) is 6.92 Å². The minimum atomic E-state index is -0.323. The Kier molecular flexibility index (Phi) is 2.52. The Morgan fingerprint density at radius 2 is 2.11 bits per heavy atom. The Balaban J connectivity index is 2.30. The molecule has 3 heteroatoms. The van der Waals surface area contributed by atoms with Gasteiger partial charge in [-0.25, -0.2) is 4.79 Å². The Morgan fingerprint density at radius 1 is 1.32 bits per heavy atom. The van der Waals surface area contributed by atoms with E-state index in [2.05, 4.69) is 6.92 Å². The van der Waals surface area contributed by atoms with E-state index >= 15 is 0 Å². The van der Waals surface area contributed by atoms with E-state index in [9.17, 15) is 4.79 Å². The first-order chi connectivity index (χ1) is 9.02. The topological polar surface area (TPSA) is 39.4 Å². The molecule has 1 unspecified atom stereocenters. The zero-order valence-corrected chi connectivity index (χ0v) is 11.3. The molecule has 0 N–H and O–H groups in total. The summed E-state index contributed by atoms with van der Waals surface area (Å²) in [5.74, 6) is 0.771. The quantitative estimate of drug-likeness (QED) is 0.731. The lowest BCUT2D eigenvalue weighted by atomic mass is 9.96. The molecule has 3 nitrogen and oxygen atoms in total. The summed E-state index contributed by atoms with van der Waals surface area (Å²) in [6.07, 6.45) is 4.91. The van der Waals surface area contributed by atoms with Gasteiger partial charge in [0.15, 0.2) is 0 Å². The van der Waals surface area contributed by atoms with Crippen molar-refractivity contribution in [1.82, 2.24) is 0 Å². The molecular formula is C16H16O3. The van der Waals surface area contributed by atoms with Crippen LogP contribution in [0.15, 0.2) is 33.5 Å². The number of hydrogen-bond donors (Lipinski definition) is 0. The Labute approximate surface area is 111 Å². The molecule has 2 heterocycles. The van der Waals surface area contributed by atoms with E-state index in [1.807, 2.05) is 38.1 Å². The van der Waals surface area contributed by atoms with Crippen molar-refractivity contribution in [2.45, 2.75) is 32.8 Å². The van der Waals surface area contributed by atoms with Crippen molar-refractivity contribution in [3.8, 4) is 5.75 Å². The minimum absolute atomic E-state index is 0.287. The maximum atomic E-state index is 11.5. The van der Waals surface area contributed by atoms with Gasteiger partial charge < -0.3 is 9.15 Å². The monoisotopic (exact) mass is 256 g/mol. The van der Waals surface area contributed by atoms with E-state index in [4.69, 9.17) is 9.15 Å². The lowest BCUT2D eigenvalue weighted by molar-refractivity contribution is 0.133. The number of aryl methyl sites for hydroxylation is 1. The van der Waals surface area contributed by atoms with Gasteiger partial charge in [-0.2, -0.15) is 0 Å². The van der Waals surface area contributed by atoms with E-state index in [0.29, 0.717) is 5.58 Å². The summed E-state index contributed by atoms with van der Waals surface area (Å²) in [5, 5.41) is 0.951. The highest BCUT2D eigenvalue weighted by atomic mass is 16.5. The van der Waals surface area contributed by atoms with E-state index < -0.39 is 0 Å². The molecule has 0 aliphatic carbocycles. The van der Waals surface area contributed by atoms with Crippen molar-refractivity contribution < 1.29 is 9.15 Å². The number of rotatable bonds is 1. The molecule has 0 bridgehead atoms. The van der Waals surface area contributed by atoms with Gasteiger partial charge in [-0.15, -0.1) is 0 Å². The fourth-order valence-electron chi connectivity index (χ4n) is 2.37. The van der Waals surface area contributed by atoms with Gasteiger partial charge in [-0.05, 0) is 50.1 Å². The number of hydrogen-bond acceptors (Lipinski definition) is 3. The summed E-state index contributed by atoms with van der Waals surface area (Å²) >= 11 is 0. The average molecular weight is 256 g/mol. The third kappa shape index (κ3) is 1.86. The first-order valence-electron chi connectivity index (χ1n) is 6.48. The molecule has 0 fully saturated rings. The van der Waals surface area contributed by atoms with Crippen molar-refractivity contribution in [3.05, 3.63) is 45.8 Å². The standard InChI is InChI=1S/C16H16O3/c1-4-16(3)8-7-12-13(19-16)6-5-11-10(2)9-14(17)18-15(11)12/h5-9H,4H2,1-3H3. The number of ether oxygens (including phenoxy) is 1. The molecule has 1 aliphatic heterocycles. The van der Waals surface area contributed by atoms with Crippen LogP contribution in [0.1, 0.15) is 31.4 Å². The molecule has 1 atom stereocenters. The molecule has 0 spiro atoms. The van der Waals surface area contributed by atoms with Crippen LogP contribution in [0.2, 0.25) is 0 Å². The molecule has 0 saturated heterocycles. The first kappa shape index (κ1) is 12.0. The fourth-order valence-corrected chi connectivity index (χ4v) is 2.37. The van der Waals surface area contributed by atoms with Gasteiger partial charge in [0, 0.05) is 11.5 Å². The zero-order chi connectivity index (χ0) is 13.6. The van der Waals surface area contributed by atoms with Gasteiger partial charge in [-0.1, -0.05) is 6.92 Å². The fraction of sp³-hybridized carbons (Fsp3) is 0.312. The second-order valence-corrected chi connectivity index (χ2v) is 5.20. The second kappa shape index (κ2) is 3.98. The van der Waals surface area contributed by atoms with Crippen LogP contribution in [0.3, 0.4) is 0 Å². The summed E-state index contributed by atoms with van der Waals surface area (Å²) in [6, 6.07) is 5.40. The van der Waals surface area contributed by atoms with Crippen molar-refractivity contribution in [2.24, 2.45) is 0 Å². The predicted octanol–water partition coefficient (Wildman–Crippen LogP) is 3.68. The van der Waals surface area contributed by atoms with Crippen molar-refractivity contribution in [2.75, 3.05) is 0 Å². The first-order valence-corrected chi connectivity index (χ1v) is 6.48. The smallest absolute Gasteiger partial charge is 0.336 e. The zero-order valence-electron chi connectivity index (χ0n) is 11.3. The van der Waals surface area contributed by atoms with Crippen LogP contribution in [0.25, 0.3) is 17.0 Å². The second-order valence-electron chi connectivity index (χ2n) is 5.20. The summed E-state index contributed by atoms with van der Waals surface area (Å²) < 4.78 is 11.4. The summed E-state index contributed by atoms with van der Waals surface area (Å²) in [6.45, 7) is 6.04. The molecule has 98 valence electrons. The summed E-state index contributed by atoms with van der Waals surface area (Å²) in [5.41, 5.74) is 1.77. The van der Waals surface area contributed by atoms with Gasteiger partial charge in [0.1, 0.15) is 16.9 Å². The average Bonchev–Trinajstić information content (AvgIpc) is 2.38. The minimum Gasteiger partial charge on any atom is -0.483 e. The highest BCUT2D eigenvalue weighted by Gasteiger charge is 2.26. The van der Waals surface area contributed by atoms with E-state index in [1.54, 1.807) is 0 Å². The molecule has 1 aliphatic rings. The molecule has 19 heavy (non-hydrogen) atoms. The van der Waals surface area contributed by atoms with E-state index in [1.165, 1.54) is 6.07 Å². The van der Waals surface area contributed by atoms with Crippen LogP contribution in [-0.4, -0.2) is 5.60 Å². The van der Waals surface area contributed by atoms with Crippen molar-refractivity contribution in [3.63, 3.8) is 0 Å². The molecule has 1 aromatic carbocycles. The Bertz CT molecular complexity index is 739. The summed E-state index contributed by atoms with van der Waals surface area (Å²) in [4.78, 5) is 11.5. The normalized spacial score (nSPS) is 21.2. The molecule has 0 amide bonds. The van der Waals surface area contributed by atoms with Crippen LogP contribution in [0.5, 0.6) is 5.75 Å². The van der Waals surface area contributed by atoms with Crippen LogP contribution >= 0.6 is 0 Å². The number of benzene rings is 1. The van der Waals surface area contributed by atoms with E-state index in [-0.39, 0.29) is 11.2 Å². The lowest BCUT2D eigenvalue weighted by Crippen LogP contribution is -2.30. The maximum Gasteiger partial charge on any atom is 0.336 e. The van der Waals surface area contributed by atoms with Gasteiger partial charge in [-0.3, -0.25) is 0 Å². The van der Waals surface area contributed by atoms with Gasteiger partial charge in [0.25, 0.3) is 0 Å². The lowest BCUT2D eigenvalue weighted by Gasteiger charge is -2.30. The third-order valence-electron chi connectivity index (χ3n) is 3.77. The number of fused-ring (bicyclic) bond motifs is 3. The van der Waals surface area contributed by atoms with Crippen molar-refractivity contribution >= 4 is 17.0 Å². The molecule has 0 radical (unpaired) electrons. The Morgan fingerprint density at radius 3 is 2.84 bits per heavy atom. The molecular weight excluding hydrogens is 240 g/mol. The highest BCUT2D eigenvalue weighted by Crippen LogP contribution is 2.37. The predicted molar refractivity (Wildman–Crippen MR) is 75.6 cm³/mol.